The van der Waals surface area contributed by atoms with Crippen molar-refractivity contribution in [2.45, 2.75) is 18.9 Å². The third-order valence-corrected chi connectivity index (χ3v) is 4.04. The van der Waals surface area contributed by atoms with Gasteiger partial charge in [-0.15, -0.1) is 0 Å². The topological polar surface area (TPSA) is 46.3 Å². The van der Waals surface area contributed by atoms with Crippen molar-refractivity contribution in [1.82, 2.24) is 0 Å². The Balaban J connectivity index is 1.78. The molecule has 0 aromatic heterocycles. The van der Waals surface area contributed by atoms with Crippen LogP contribution in [0.2, 0.25) is 0 Å². The van der Waals surface area contributed by atoms with E-state index in [4.69, 9.17) is 5.73 Å². The number of anilines is 1. The first-order valence-corrected chi connectivity index (χ1v) is 6.85. The van der Waals surface area contributed by atoms with Gasteiger partial charge in [0, 0.05) is 19.3 Å². The van der Waals surface area contributed by atoms with Crippen LogP contribution in [-0.2, 0) is 17.8 Å². The smallest absolute Gasteiger partial charge is 0.234 e. The minimum absolute atomic E-state index is 0.00499. The molecule has 0 saturated heterocycles. The van der Waals surface area contributed by atoms with E-state index in [1.807, 2.05) is 49.5 Å². The predicted molar refractivity (Wildman–Crippen MR) is 80.6 cm³/mol. The average molecular weight is 266 g/mol. The van der Waals surface area contributed by atoms with Gasteiger partial charge in [0.1, 0.15) is 0 Å². The van der Waals surface area contributed by atoms with Crippen molar-refractivity contribution in [2.24, 2.45) is 5.73 Å². The predicted octanol–water partition coefficient (Wildman–Crippen LogP) is 2.45. The van der Waals surface area contributed by atoms with Crippen molar-refractivity contribution in [3.8, 4) is 0 Å². The molecule has 1 atom stereocenters. The van der Waals surface area contributed by atoms with Crippen molar-refractivity contribution in [1.29, 1.82) is 0 Å². The monoisotopic (exact) mass is 266 g/mol. The van der Waals surface area contributed by atoms with Crippen LogP contribution in [0.15, 0.2) is 48.5 Å². The number of nitrogens with two attached hydrogens (primary N) is 1. The molecule has 3 heteroatoms. The summed E-state index contributed by atoms with van der Waals surface area (Å²) in [7, 11) is 1.83. The fraction of sp³-hybridized carbons (Fsp3) is 0.235. The number of benzene rings is 2. The molecule has 0 fully saturated rings. The Hall–Kier alpha value is -2.13. The highest BCUT2D eigenvalue weighted by Gasteiger charge is 2.33. The third kappa shape index (κ3) is 2.10. The quantitative estimate of drug-likeness (QED) is 0.927. The number of hydrogen-bond acceptors (Lipinski definition) is 2. The molecule has 2 aromatic carbocycles. The Labute approximate surface area is 119 Å². The fourth-order valence-electron chi connectivity index (χ4n) is 2.70. The van der Waals surface area contributed by atoms with E-state index in [0.717, 1.165) is 17.7 Å². The Morgan fingerprint density at radius 3 is 2.55 bits per heavy atom. The van der Waals surface area contributed by atoms with Crippen molar-refractivity contribution >= 4 is 11.6 Å². The van der Waals surface area contributed by atoms with Crippen LogP contribution in [0.5, 0.6) is 0 Å². The number of amides is 1. The molecule has 0 saturated carbocycles. The first-order chi connectivity index (χ1) is 9.70. The zero-order chi connectivity index (χ0) is 14.1. The molecular formula is C17H18N2O. The molecule has 20 heavy (non-hydrogen) atoms. The Morgan fingerprint density at radius 1 is 1.20 bits per heavy atom. The highest BCUT2D eigenvalue weighted by Crippen LogP contribution is 2.36. The van der Waals surface area contributed by atoms with E-state index in [9.17, 15) is 4.79 Å². The molecule has 1 aliphatic rings. The summed E-state index contributed by atoms with van der Waals surface area (Å²) in [6, 6.07) is 16.0. The molecule has 2 N–H and O–H groups in total. The lowest BCUT2D eigenvalue weighted by Crippen LogP contribution is -2.37. The van der Waals surface area contributed by atoms with E-state index in [2.05, 4.69) is 6.07 Å². The van der Waals surface area contributed by atoms with Gasteiger partial charge >= 0.3 is 0 Å². The minimum atomic E-state index is 0.00499. The summed E-state index contributed by atoms with van der Waals surface area (Å²) in [4.78, 5) is 14.3. The number of nitrogens with zero attached hydrogens (tertiary/aromatic N) is 1. The van der Waals surface area contributed by atoms with Crippen molar-refractivity contribution in [3.05, 3.63) is 65.2 Å². The fourth-order valence-corrected chi connectivity index (χ4v) is 2.70. The van der Waals surface area contributed by atoms with E-state index < -0.39 is 0 Å². The van der Waals surface area contributed by atoms with Gasteiger partial charge in [-0.2, -0.15) is 0 Å². The maximum atomic E-state index is 12.5. The highest BCUT2D eigenvalue weighted by atomic mass is 16.2. The number of rotatable bonds is 3. The molecule has 1 unspecified atom stereocenters. The molecule has 0 spiro atoms. The summed E-state index contributed by atoms with van der Waals surface area (Å²) < 4.78 is 0. The summed E-state index contributed by atoms with van der Waals surface area (Å²) in [6.45, 7) is 0.522. The lowest BCUT2D eigenvalue weighted by molar-refractivity contribution is -0.120. The minimum Gasteiger partial charge on any atom is -0.326 e. The molecule has 102 valence electrons. The van der Waals surface area contributed by atoms with E-state index in [1.165, 1.54) is 11.1 Å². The molecule has 3 nitrogen and oxygen atoms in total. The number of fused-ring (bicyclic) bond motifs is 1. The maximum absolute atomic E-state index is 12.5. The van der Waals surface area contributed by atoms with Gasteiger partial charge in [0.15, 0.2) is 0 Å². The van der Waals surface area contributed by atoms with Crippen LogP contribution >= 0.6 is 0 Å². The van der Waals surface area contributed by atoms with Crippen LogP contribution < -0.4 is 10.6 Å². The normalized spacial score (nSPS) is 16.2. The summed E-state index contributed by atoms with van der Waals surface area (Å²) >= 11 is 0. The third-order valence-electron chi connectivity index (χ3n) is 4.04. The first-order valence-electron chi connectivity index (χ1n) is 6.85. The van der Waals surface area contributed by atoms with Crippen LogP contribution in [0.1, 0.15) is 22.6 Å². The van der Waals surface area contributed by atoms with Crippen molar-refractivity contribution in [3.63, 3.8) is 0 Å². The zero-order valence-corrected chi connectivity index (χ0v) is 11.5. The van der Waals surface area contributed by atoms with E-state index in [0.29, 0.717) is 6.54 Å². The Kier molecular flexibility index (Phi) is 3.28. The van der Waals surface area contributed by atoms with Crippen molar-refractivity contribution < 1.29 is 4.79 Å². The second-order valence-electron chi connectivity index (χ2n) is 5.22. The van der Waals surface area contributed by atoms with Gasteiger partial charge in [-0.1, -0.05) is 36.4 Å². The Bertz CT molecular complexity index is 634. The van der Waals surface area contributed by atoms with Gasteiger partial charge in [-0.25, -0.2) is 0 Å². The van der Waals surface area contributed by atoms with Gasteiger partial charge in [-0.05, 0) is 35.2 Å². The second kappa shape index (κ2) is 5.10. The first kappa shape index (κ1) is 12.9. The number of hydrogen-bond donors (Lipinski definition) is 1. The maximum Gasteiger partial charge on any atom is 0.234 e. The zero-order valence-electron chi connectivity index (χ0n) is 11.5. The standard InChI is InChI=1S/C17H18N2O/c1-19(14-8-6-12(11-18)7-9-14)17(20)16-10-13-4-2-3-5-15(13)16/h2-9,16H,10-11,18H2,1H3. The van der Waals surface area contributed by atoms with Crippen LogP contribution in [0.3, 0.4) is 0 Å². The molecule has 0 radical (unpaired) electrons. The Morgan fingerprint density at radius 2 is 1.90 bits per heavy atom. The van der Waals surface area contributed by atoms with E-state index in [1.54, 1.807) is 4.90 Å². The molecule has 0 heterocycles. The lowest BCUT2D eigenvalue weighted by Gasteiger charge is -2.32. The van der Waals surface area contributed by atoms with Gasteiger partial charge in [0.05, 0.1) is 5.92 Å². The van der Waals surface area contributed by atoms with E-state index >= 15 is 0 Å². The van der Waals surface area contributed by atoms with Gasteiger partial charge in [0.25, 0.3) is 0 Å². The molecule has 3 rings (SSSR count). The lowest BCUT2D eigenvalue weighted by atomic mass is 9.77. The van der Waals surface area contributed by atoms with Crippen LogP contribution in [0.25, 0.3) is 0 Å². The summed E-state index contributed by atoms with van der Waals surface area (Å²) in [6.07, 6.45) is 0.847. The second-order valence-corrected chi connectivity index (χ2v) is 5.22. The largest absolute Gasteiger partial charge is 0.326 e. The van der Waals surface area contributed by atoms with Gasteiger partial charge in [-0.3, -0.25) is 4.79 Å². The SMILES string of the molecule is CN(C(=O)C1Cc2ccccc21)c1ccc(CN)cc1. The van der Waals surface area contributed by atoms with Crippen LogP contribution in [0, 0.1) is 0 Å². The van der Waals surface area contributed by atoms with Crippen molar-refractivity contribution in [2.75, 3.05) is 11.9 Å². The van der Waals surface area contributed by atoms with Crippen LogP contribution in [0.4, 0.5) is 5.69 Å². The molecule has 1 aliphatic carbocycles. The molecule has 0 bridgehead atoms. The molecule has 1 amide bonds. The highest BCUT2D eigenvalue weighted by molar-refractivity contribution is 5.99. The molecule has 2 aromatic rings. The number of likely N-dealkylation sites (N-methyl/N-ethyl adjacent to an activating group) is 1. The molecule has 0 aliphatic heterocycles. The average Bonchev–Trinajstić information content (AvgIpc) is 2.47. The number of carbonyl (C=O) groups excluding carboxylic acids is 1. The summed E-state index contributed by atoms with van der Waals surface area (Å²) in [5.74, 6) is 0.162. The number of carbonyl (C=O) groups is 1. The van der Waals surface area contributed by atoms with Crippen LogP contribution in [-0.4, -0.2) is 13.0 Å². The summed E-state index contributed by atoms with van der Waals surface area (Å²) in [5, 5.41) is 0. The summed E-state index contributed by atoms with van der Waals surface area (Å²) in [5.41, 5.74) is 10.0. The van der Waals surface area contributed by atoms with Gasteiger partial charge in [0.2, 0.25) is 5.91 Å². The van der Waals surface area contributed by atoms with E-state index in [-0.39, 0.29) is 11.8 Å². The molecular weight excluding hydrogens is 248 g/mol. The van der Waals surface area contributed by atoms with Gasteiger partial charge < -0.3 is 10.6 Å².